The first-order chi connectivity index (χ1) is 47.0. The lowest BCUT2D eigenvalue weighted by Gasteiger charge is -2.27. The molecular weight excluding hydrogens is 1170 g/mol. The fourth-order valence-electron chi connectivity index (χ4n) is 15.8. The first-order valence-corrected chi connectivity index (χ1v) is 33.1. The van der Waals surface area contributed by atoms with Crippen molar-refractivity contribution in [2.45, 2.75) is 41.5 Å². The van der Waals surface area contributed by atoms with Crippen molar-refractivity contribution >= 4 is 87.2 Å². The molecule has 5 heterocycles. The lowest BCUT2D eigenvalue weighted by Crippen LogP contribution is -2.04. The number of nitrogens with zero attached hydrogens (tertiary/aromatic N) is 6. The smallest absolute Gasteiger partial charge is 0.100 e. The van der Waals surface area contributed by atoms with Crippen molar-refractivity contribution in [1.82, 2.24) is 23.3 Å². The predicted octanol–water partition coefficient (Wildman–Crippen LogP) is 23.5. The van der Waals surface area contributed by atoms with E-state index in [0.29, 0.717) is 5.56 Å². The van der Waals surface area contributed by atoms with Crippen LogP contribution in [-0.4, -0.2) is 23.3 Å². The minimum Gasteiger partial charge on any atom is -0.309 e. The van der Waals surface area contributed by atoms with E-state index in [1.165, 1.54) is 65.3 Å². The van der Waals surface area contributed by atoms with E-state index in [0.717, 1.165) is 134 Å². The maximum absolute atomic E-state index is 12.6. The van der Waals surface area contributed by atoms with Crippen LogP contribution in [0.25, 0.3) is 166 Å². The largest absolute Gasteiger partial charge is 0.309 e. The summed E-state index contributed by atoms with van der Waals surface area (Å²) in [6.07, 6.45) is 0. The summed E-state index contributed by atoms with van der Waals surface area (Å²) in [7, 11) is 0. The standard InChI is InChI=1S/C90H64N6/c1-54-23-45-82-73(49-54)69-15-7-11-19-78(69)93(82)64-36-28-60(29-37-64)86-77(53-91)87(61-30-38-65(39-31-61)94-79-20-12-8-16-70(79)74-50-55(2)24-46-83(74)94)90(68-44-27-58(5)92-59(68)6)89(63-34-42-67(43-35-63)96-81-22-14-10-18-72(81)76-52-57(4)26-48-85(76)96)88(86)62-32-40-66(41-33-62)95-80-21-13-9-17-71(80)75-51-56(3)25-47-84(75)95/h7-52H,1-6H3. The van der Waals surface area contributed by atoms with Crippen molar-refractivity contribution in [2.75, 3.05) is 0 Å². The van der Waals surface area contributed by atoms with Crippen LogP contribution in [0, 0.1) is 52.9 Å². The van der Waals surface area contributed by atoms with Crippen LogP contribution in [0.2, 0.25) is 0 Å². The van der Waals surface area contributed by atoms with Crippen LogP contribution in [0.3, 0.4) is 0 Å². The topological polar surface area (TPSA) is 56.4 Å². The van der Waals surface area contributed by atoms with Gasteiger partial charge in [0.05, 0.1) is 49.7 Å². The number of aromatic nitrogens is 5. The Bertz CT molecular complexity index is 6300. The minimum atomic E-state index is 0.572. The lowest BCUT2D eigenvalue weighted by atomic mass is 9.75. The van der Waals surface area contributed by atoms with E-state index in [1.54, 1.807) is 0 Å². The first-order valence-electron chi connectivity index (χ1n) is 33.1. The number of para-hydroxylation sites is 4. The van der Waals surface area contributed by atoms with E-state index >= 15 is 0 Å². The van der Waals surface area contributed by atoms with Gasteiger partial charge in [0, 0.05) is 99.5 Å². The number of hydrogen-bond acceptors (Lipinski definition) is 2. The maximum Gasteiger partial charge on any atom is 0.100 e. The van der Waals surface area contributed by atoms with Crippen LogP contribution < -0.4 is 0 Å². The average molecular weight is 1230 g/mol. The summed E-state index contributed by atoms with van der Waals surface area (Å²) in [4.78, 5) is 5.26. The lowest BCUT2D eigenvalue weighted by molar-refractivity contribution is 1.13. The molecule has 5 aromatic heterocycles. The number of benzene rings is 13. The van der Waals surface area contributed by atoms with Gasteiger partial charge in [0.25, 0.3) is 0 Å². The van der Waals surface area contributed by atoms with Crippen LogP contribution in [0.4, 0.5) is 0 Å². The number of hydrogen-bond donors (Lipinski definition) is 0. The van der Waals surface area contributed by atoms with E-state index < -0.39 is 0 Å². The molecule has 0 unspecified atom stereocenters. The molecule has 0 spiro atoms. The van der Waals surface area contributed by atoms with Crippen molar-refractivity contribution in [3.63, 3.8) is 0 Å². The molecule has 6 heteroatoms. The zero-order valence-electron chi connectivity index (χ0n) is 54.2. The normalized spacial score (nSPS) is 11.8. The molecule has 0 saturated heterocycles. The van der Waals surface area contributed by atoms with Gasteiger partial charge in [-0.15, -0.1) is 0 Å². The third kappa shape index (κ3) is 8.74. The van der Waals surface area contributed by atoms with Crippen molar-refractivity contribution < 1.29 is 0 Å². The van der Waals surface area contributed by atoms with Crippen LogP contribution >= 0.6 is 0 Å². The molecule has 96 heavy (non-hydrogen) atoms. The van der Waals surface area contributed by atoms with Gasteiger partial charge in [0.15, 0.2) is 0 Å². The molecule has 18 rings (SSSR count). The summed E-state index contributed by atoms with van der Waals surface area (Å²) in [6.45, 7) is 12.8. The maximum atomic E-state index is 12.6. The van der Waals surface area contributed by atoms with Gasteiger partial charge in [-0.2, -0.15) is 5.26 Å². The Labute approximate surface area is 556 Å². The molecule has 0 aliphatic carbocycles. The molecule has 0 saturated carbocycles. The van der Waals surface area contributed by atoms with Crippen molar-refractivity contribution in [3.8, 4) is 84.5 Å². The third-order valence-corrected chi connectivity index (χ3v) is 20.1. The molecular formula is C90H64N6. The molecule has 18 aromatic rings. The molecule has 454 valence electrons. The van der Waals surface area contributed by atoms with Gasteiger partial charge < -0.3 is 18.3 Å². The minimum absolute atomic E-state index is 0.572. The molecule has 0 aliphatic heterocycles. The van der Waals surface area contributed by atoms with E-state index in [-0.39, 0.29) is 0 Å². The van der Waals surface area contributed by atoms with Gasteiger partial charge in [-0.3, -0.25) is 4.98 Å². The Morgan fingerprint density at radius 3 is 0.833 bits per heavy atom. The second-order valence-electron chi connectivity index (χ2n) is 26.1. The highest BCUT2D eigenvalue weighted by atomic mass is 15.0. The summed E-state index contributed by atoms with van der Waals surface area (Å²) in [5, 5.41) is 22.3. The number of nitriles is 1. The highest BCUT2D eigenvalue weighted by molar-refractivity contribution is 6.15. The quantitative estimate of drug-likeness (QED) is 0.145. The Morgan fingerprint density at radius 2 is 0.531 bits per heavy atom. The molecule has 0 atom stereocenters. The number of pyridine rings is 1. The Hall–Kier alpha value is -12.3. The average Bonchev–Trinajstić information content (AvgIpc) is 1.09. The summed E-state index contributed by atoms with van der Waals surface area (Å²) in [6, 6.07) is 105. The zero-order valence-corrected chi connectivity index (χ0v) is 54.2. The van der Waals surface area contributed by atoms with E-state index in [9.17, 15) is 5.26 Å². The van der Waals surface area contributed by atoms with Crippen LogP contribution in [0.15, 0.2) is 279 Å². The van der Waals surface area contributed by atoms with Gasteiger partial charge in [-0.05, 0) is 202 Å². The van der Waals surface area contributed by atoms with Crippen molar-refractivity contribution in [3.05, 3.63) is 318 Å². The van der Waals surface area contributed by atoms with Crippen molar-refractivity contribution in [1.29, 1.82) is 5.26 Å². The molecule has 13 aromatic carbocycles. The van der Waals surface area contributed by atoms with Gasteiger partial charge in [-0.25, -0.2) is 0 Å². The number of aryl methyl sites for hydroxylation is 6. The fraction of sp³-hybridized carbons (Fsp3) is 0.0667. The first kappa shape index (κ1) is 56.5. The van der Waals surface area contributed by atoms with Gasteiger partial charge >= 0.3 is 0 Å². The van der Waals surface area contributed by atoms with Crippen molar-refractivity contribution in [2.24, 2.45) is 0 Å². The Balaban J connectivity index is 0.945. The summed E-state index contributed by atoms with van der Waals surface area (Å²) in [5.41, 5.74) is 29.9. The number of rotatable bonds is 9. The monoisotopic (exact) mass is 1230 g/mol. The fourth-order valence-corrected chi connectivity index (χ4v) is 15.8. The van der Waals surface area contributed by atoms with E-state index in [2.05, 4.69) is 345 Å². The predicted molar refractivity (Wildman–Crippen MR) is 402 cm³/mol. The molecule has 6 nitrogen and oxygen atoms in total. The third-order valence-electron chi connectivity index (χ3n) is 20.1. The molecule has 0 aliphatic rings. The van der Waals surface area contributed by atoms with E-state index in [1.807, 2.05) is 0 Å². The zero-order chi connectivity index (χ0) is 64.6. The SMILES string of the molecule is Cc1ccc2c(c1)c1ccccc1n2-c1ccc(-c2c(C#N)c(-c3ccc(-n4c5ccccc5c5cc(C)ccc54)cc3)c(-c3ccc(C)nc3C)c(-c3ccc(-n4c5ccccc5c5cc(C)ccc54)cc3)c2-c2ccc(-n3c4ccccc4c4cc(C)ccc43)cc2)cc1. The Morgan fingerprint density at radius 1 is 0.260 bits per heavy atom. The van der Waals surface area contributed by atoms with Gasteiger partial charge in [0.1, 0.15) is 6.07 Å². The van der Waals surface area contributed by atoms with Gasteiger partial charge in [0.2, 0.25) is 0 Å². The van der Waals surface area contributed by atoms with Crippen LogP contribution in [0.5, 0.6) is 0 Å². The summed E-state index contributed by atoms with van der Waals surface area (Å²) in [5.74, 6) is 0. The van der Waals surface area contributed by atoms with Crippen LogP contribution in [0.1, 0.15) is 39.2 Å². The number of fused-ring (bicyclic) bond motifs is 12. The highest BCUT2D eigenvalue weighted by Gasteiger charge is 2.31. The molecule has 0 radical (unpaired) electrons. The molecule has 0 N–H and O–H groups in total. The molecule has 0 amide bonds. The molecule has 0 fully saturated rings. The van der Waals surface area contributed by atoms with Gasteiger partial charge in [-0.1, -0.05) is 174 Å². The Kier molecular flexibility index (Phi) is 12.9. The summed E-state index contributed by atoms with van der Waals surface area (Å²) < 4.78 is 9.53. The van der Waals surface area contributed by atoms with E-state index in [4.69, 9.17) is 4.98 Å². The second kappa shape index (κ2) is 21.9. The summed E-state index contributed by atoms with van der Waals surface area (Å²) >= 11 is 0. The molecule has 0 bridgehead atoms. The van der Waals surface area contributed by atoms with Crippen LogP contribution in [-0.2, 0) is 0 Å². The second-order valence-corrected chi connectivity index (χ2v) is 26.1. The highest BCUT2D eigenvalue weighted by Crippen LogP contribution is 2.54.